The Morgan fingerprint density at radius 1 is 1.16 bits per heavy atom. The van der Waals surface area contributed by atoms with Crippen LogP contribution in [0.5, 0.6) is 0 Å². The van der Waals surface area contributed by atoms with Gasteiger partial charge in [0.2, 0.25) is 10.0 Å². The van der Waals surface area contributed by atoms with Gasteiger partial charge in [-0.15, -0.1) is 11.3 Å². The van der Waals surface area contributed by atoms with Crippen molar-refractivity contribution in [1.82, 2.24) is 14.3 Å². The van der Waals surface area contributed by atoms with Gasteiger partial charge in [-0.1, -0.05) is 26.0 Å². The lowest BCUT2D eigenvalue weighted by atomic mass is 10.0. The van der Waals surface area contributed by atoms with E-state index in [1.165, 1.54) is 9.87 Å². The van der Waals surface area contributed by atoms with Gasteiger partial charge in [-0.2, -0.15) is 4.31 Å². The molecule has 0 bridgehead atoms. The molecule has 0 amide bonds. The topological polar surface area (TPSA) is 84.4 Å². The van der Waals surface area contributed by atoms with Crippen LogP contribution in [0.15, 0.2) is 34.5 Å². The molecule has 4 rings (SSSR count). The normalized spacial score (nSPS) is 15.6. The molecule has 1 saturated heterocycles. The SMILES string of the molecule is Cc1nc(NCc2ccc(S(=O)(=O)N3CCOCC3)cc2)c2c(CC(C)C)csc2n1. The first-order valence-corrected chi connectivity index (χ1v) is 12.8. The number of hydrogen-bond donors (Lipinski definition) is 1. The van der Waals surface area contributed by atoms with Crippen LogP contribution >= 0.6 is 11.3 Å². The summed E-state index contributed by atoms with van der Waals surface area (Å²) >= 11 is 1.65. The molecule has 1 aromatic carbocycles. The fraction of sp³-hybridized carbons (Fsp3) is 0.455. The summed E-state index contributed by atoms with van der Waals surface area (Å²) in [5.74, 6) is 2.12. The number of ether oxygens (including phenoxy) is 1. The molecule has 1 N–H and O–H groups in total. The van der Waals surface area contributed by atoms with Gasteiger partial charge in [0, 0.05) is 19.6 Å². The Bertz CT molecular complexity index is 1150. The van der Waals surface area contributed by atoms with Crippen molar-refractivity contribution in [3.05, 3.63) is 46.6 Å². The molecular weight excluding hydrogens is 432 g/mol. The lowest BCUT2D eigenvalue weighted by molar-refractivity contribution is 0.0730. The fourth-order valence-corrected chi connectivity index (χ4v) is 6.13. The molecule has 0 unspecified atom stereocenters. The highest BCUT2D eigenvalue weighted by atomic mass is 32.2. The molecule has 0 spiro atoms. The number of benzene rings is 1. The van der Waals surface area contributed by atoms with Crippen molar-refractivity contribution in [2.45, 2.75) is 38.6 Å². The highest BCUT2D eigenvalue weighted by Crippen LogP contribution is 2.32. The molecule has 166 valence electrons. The lowest BCUT2D eigenvalue weighted by Gasteiger charge is -2.26. The third-order valence-corrected chi connectivity index (χ3v) is 8.07. The van der Waals surface area contributed by atoms with Crippen molar-refractivity contribution in [1.29, 1.82) is 0 Å². The first-order chi connectivity index (χ1) is 14.8. The highest BCUT2D eigenvalue weighted by molar-refractivity contribution is 7.89. The van der Waals surface area contributed by atoms with Crippen LogP contribution in [0.2, 0.25) is 0 Å². The summed E-state index contributed by atoms with van der Waals surface area (Å²) in [7, 11) is -3.48. The quantitative estimate of drug-likeness (QED) is 0.577. The summed E-state index contributed by atoms with van der Waals surface area (Å²) < 4.78 is 32.3. The monoisotopic (exact) mass is 460 g/mol. The van der Waals surface area contributed by atoms with E-state index in [0.717, 1.165) is 33.8 Å². The van der Waals surface area contributed by atoms with Crippen LogP contribution < -0.4 is 5.32 Å². The van der Waals surface area contributed by atoms with Crippen molar-refractivity contribution < 1.29 is 13.2 Å². The Kier molecular flexibility index (Phi) is 6.57. The molecule has 1 aliphatic rings. The Morgan fingerprint density at radius 2 is 1.87 bits per heavy atom. The molecule has 7 nitrogen and oxygen atoms in total. The van der Waals surface area contributed by atoms with E-state index in [1.807, 2.05) is 19.1 Å². The van der Waals surface area contributed by atoms with Crippen molar-refractivity contribution >= 4 is 37.4 Å². The molecule has 0 saturated carbocycles. The number of morpholine rings is 1. The van der Waals surface area contributed by atoms with Crippen LogP contribution in [-0.4, -0.2) is 49.0 Å². The number of hydrogen-bond acceptors (Lipinski definition) is 7. The van der Waals surface area contributed by atoms with E-state index in [-0.39, 0.29) is 0 Å². The number of sulfonamides is 1. The molecule has 9 heteroatoms. The van der Waals surface area contributed by atoms with Crippen molar-refractivity contribution in [2.75, 3.05) is 31.6 Å². The maximum absolute atomic E-state index is 12.8. The average molecular weight is 461 g/mol. The van der Waals surface area contributed by atoms with Crippen molar-refractivity contribution in [3.63, 3.8) is 0 Å². The molecule has 3 aromatic rings. The maximum atomic E-state index is 12.8. The summed E-state index contributed by atoms with van der Waals surface area (Å²) in [5, 5.41) is 6.71. The Hall–Kier alpha value is -2.07. The van der Waals surface area contributed by atoms with Crippen molar-refractivity contribution in [2.24, 2.45) is 5.92 Å². The van der Waals surface area contributed by atoms with Crippen LogP contribution in [0.4, 0.5) is 5.82 Å². The standard InChI is InChI=1S/C22H28N4O3S2/c1-15(2)12-18-14-30-22-20(18)21(24-16(3)25-22)23-13-17-4-6-19(7-5-17)31(27,28)26-8-10-29-11-9-26/h4-7,14-15H,8-13H2,1-3H3,(H,23,24,25). The summed E-state index contributed by atoms with van der Waals surface area (Å²) in [4.78, 5) is 10.5. The number of aryl methyl sites for hydroxylation is 1. The fourth-order valence-electron chi connectivity index (χ4n) is 3.73. The third kappa shape index (κ3) is 4.90. The zero-order valence-electron chi connectivity index (χ0n) is 18.1. The number of nitrogens with zero attached hydrogens (tertiary/aromatic N) is 3. The van der Waals surface area contributed by atoms with E-state index < -0.39 is 10.0 Å². The summed E-state index contributed by atoms with van der Waals surface area (Å²) in [6.45, 7) is 8.54. The van der Waals surface area contributed by atoms with E-state index >= 15 is 0 Å². The number of aromatic nitrogens is 2. The first-order valence-electron chi connectivity index (χ1n) is 10.5. The van der Waals surface area contributed by atoms with E-state index in [2.05, 4.69) is 34.5 Å². The Morgan fingerprint density at radius 3 is 2.55 bits per heavy atom. The van der Waals surface area contributed by atoms with Gasteiger partial charge in [0.15, 0.2) is 0 Å². The largest absolute Gasteiger partial charge is 0.379 e. The van der Waals surface area contributed by atoms with Gasteiger partial charge < -0.3 is 10.1 Å². The average Bonchev–Trinajstić information content (AvgIpc) is 3.14. The van der Waals surface area contributed by atoms with Gasteiger partial charge in [0.25, 0.3) is 0 Å². The van der Waals surface area contributed by atoms with Gasteiger partial charge in [-0.3, -0.25) is 0 Å². The molecule has 0 atom stereocenters. The van der Waals surface area contributed by atoms with Gasteiger partial charge in [-0.25, -0.2) is 18.4 Å². The third-order valence-electron chi connectivity index (χ3n) is 5.24. The minimum absolute atomic E-state index is 0.315. The Balaban J connectivity index is 1.52. The van der Waals surface area contributed by atoms with Gasteiger partial charge in [0.1, 0.15) is 16.5 Å². The summed E-state index contributed by atoms with van der Waals surface area (Å²) in [6.07, 6.45) is 0.981. The molecule has 1 aliphatic heterocycles. The second kappa shape index (κ2) is 9.20. The van der Waals surface area contributed by atoms with Gasteiger partial charge in [-0.05, 0) is 47.9 Å². The first kappa shape index (κ1) is 22.1. The van der Waals surface area contributed by atoms with Crippen LogP contribution in [0.3, 0.4) is 0 Å². The highest BCUT2D eigenvalue weighted by Gasteiger charge is 2.26. The predicted molar refractivity (Wildman–Crippen MR) is 124 cm³/mol. The second-order valence-corrected chi connectivity index (χ2v) is 11.0. The molecule has 2 aromatic heterocycles. The number of fused-ring (bicyclic) bond motifs is 1. The van der Waals surface area contributed by atoms with Crippen molar-refractivity contribution in [3.8, 4) is 0 Å². The molecule has 0 radical (unpaired) electrons. The predicted octanol–water partition coefficient (Wildman–Crippen LogP) is 3.83. The molecule has 1 fully saturated rings. The van der Waals surface area contributed by atoms with Gasteiger partial charge in [0.05, 0.1) is 23.5 Å². The zero-order chi connectivity index (χ0) is 22.0. The van der Waals surface area contributed by atoms with E-state index in [9.17, 15) is 8.42 Å². The smallest absolute Gasteiger partial charge is 0.243 e. The lowest BCUT2D eigenvalue weighted by Crippen LogP contribution is -2.40. The molecule has 3 heterocycles. The van der Waals surface area contributed by atoms with E-state index in [4.69, 9.17) is 4.74 Å². The molecular formula is C22H28N4O3S2. The minimum atomic E-state index is -3.48. The number of rotatable bonds is 7. The summed E-state index contributed by atoms with van der Waals surface area (Å²) in [6, 6.07) is 7.07. The minimum Gasteiger partial charge on any atom is -0.379 e. The Labute approximate surface area is 187 Å². The molecule has 31 heavy (non-hydrogen) atoms. The number of anilines is 1. The number of nitrogens with one attached hydrogen (secondary N) is 1. The van der Waals surface area contributed by atoms with Gasteiger partial charge >= 0.3 is 0 Å². The van der Waals surface area contributed by atoms with Crippen LogP contribution in [0, 0.1) is 12.8 Å². The van der Waals surface area contributed by atoms with E-state index in [0.29, 0.717) is 43.7 Å². The number of thiophene rings is 1. The zero-order valence-corrected chi connectivity index (χ0v) is 19.7. The van der Waals surface area contributed by atoms with Crippen LogP contribution in [0.25, 0.3) is 10.2 Å². The second-order valence-electron chi connectivity index (χ2n) is 8.17. The van der Waals surface area contributed by atoms with Crippen LogP contribution in [0.1, 0.15) is 30.8 Å². The van der Waals surface area contributed by atoms with Crippen LogP contribution in [-0.2, 0) is 27.7 Å². The van der Waals surface area contributed by atoms with E-state index in [1.54, 1.807) is 23.5 Å². The maximum Gasteiger partial charge on any atom is 0.243 e. The summed E-state index contributed by atoms with van der Waals surface area (Å²) in [5.41, 5.74) is 2.26. The molecule has 0 aliphatic carbocycles.